The van der Waals surface area contributed by atoms with E-state index >= 15 is 0 Å². The predicted octanol–water partition coefficient (Wildman–Crippen LogP) is 3.50. The Morgan fingerprint density at radius 1 is 1.35 bits per heavy atom. The van der Waals surface area contributed by atoms with Gasteiger partial charge < -0.3 is 4.74 Å². The molecule has 0 saturated heterocycles. The Bertz CT molecular complexity index is 570. The number of hydrogen-bond acceptors (Lipinski definition) is 4. The molecule has 1 unspecified atom stereocenters. The molecule has 0 bridgehead atoms. The Hall–Kier alpha value is -1.46. The average molecular weight is 295 g/mol. The normalized spacial score (nSPS) is 12.6. The van der Waals surface area contributed by atoms with Crippen LogP contribution in [0.4, 0.5) is 0 Å². The van der Waals surface area contributed by atoms with Crippen molar-refractivity contribution in [1.29, 1.82) is 0 Å². The van der Waals surface area contributed by atoms with E-state index in [9.17, 15) is 0 Å². The van der Waals surface area contributed by atoms with Crippen LogP contribution < -0.4 is 0 Å². The molecule has 2 rings (SSSR count). The fourth-order valence-electron chi connectivity index (χ4n) is 1.80. The van der Waals surface area contributed by atoms with Crippen LogP contribution in [0, 0.1) is 0 Å². The Morgan fingerprint density at radius 2 is 2.15 bits per heavy atom. The monoisotopic (exact) mass is 294 g/mol. The molecule has 2 aromatic heterocycles. The highest BCUT2D eigenvalue weighted by Gasteiger charge is 2.13. The van der Waals surface area contributed by atoms with Crippen molar-refractivity contribution in [2.45, 2.75) is 39.3 Å². The molecule has 0 aliphatic heterocycles. The van der Waals surface area contributed by atoms with Crippen molar-refractivity contribution in [3.8, 4) is 11.4 Å². The summed E-state index contributed by atoms with van der Waals surface area (Å²) in [5, 5.41) is 4.91. The number of unbranched alkanes of at least 4 members (excludes halogenated alkanes) is 1. The van der Waals surface area contributed by atoms with Gasteiger partial charge in [-0.1, -0.05) is 24.9 Å². The van der Waals surface area contributed by atoms with E-state index in [0.717, 1.165) is 30.8 Å². The molecule has 0 aliphatic rings. The Labute approximate surface area is 124 Å². The topological polar surface area (TPSA) is 52.8 Å². The smallest absolute Gasteiger partial charge is 0.159 e. The SMILES string of the molecule is CCCCn1ccc(-c2cc(Cl)nc(C(C)OC)n2)n1. The van der Waals surface area contributed by atoms with Gasteiger partial charge in [0.25, 0.3) is 0 Å². The van der Waals surface area contributed by atoms with Crippen LogP contribution in [-0.2, 0) is 11.3 Å². The Morgan fingerprint density at radius 3 is 2.85 bits per heavy atom. The molecule has 0 saturated carbocycles. The van der Waals surface area contributed by atoms with Crippen LogP contribution in [0.15, 0.2) is 18.3 Å². The molecule has 2 aromatic rings. The Kier molecular flexibility index (Phi) is 5.09. The van der Waals surface area contributed by atoms with Crippen LogP contribution in [-0.4, -0.2) is 26.9 Å². The van der Waals surface area contributed by atoms with Gasteiger partial charge in [-0.2, -0.15) is 5.10 Å². The second-order valence-electron chi connectivity index (χ2n) is 4.63. The summed E-state index contributed by atoms with van der Waals surface area (Å²) in [5.74, 6) is 0.568. The highest BCUT2D eigenvalue weighted by molar-refractivity contribution is 6.29. The molecule has 0 aliphatic carbocycles. The predicted molar refractivity (Wildman–Crippen MR) is 78.6 cm³/mol. The van der Waals surface area contributed by atoms with E-state index in [1.165, 1.54) is 0 Å². The van der Waals surface area contributed by atoms with Gasteiger partial charge in [-0.15, -0.1) is 0 Å². The molecule has 5 nitrogen and oxygen atoms in total. The van der Waals surface area contributed by atoms with Crippen LogP contribution in [0.5, 0.6) is 0 Å². The van der Waals surface area contributed by atoms with Gasteiger partial charge in [-0.05, 0) is 19.4 Å². The number of ether oxygens (including phenoxy) is 1. The third-order valence-corrected chi connectivity index (χ3v) is 3.27. The lowest BCUT2D eigenvalue weighted by molar-refractivity contribution is 0.112. The third-order valence-electron chi connectivity index (χ3n) is 3.07. The third kappa shape index (κ3) is 3.55. The summed E-state index contributed by atoms with van der Waals surface area (Å²) in [7, 11) is 1.62. The first-order valence-electron chi connectivity index (χ1n) is 6.75. The molecular weight excluding hydrogens is 276 g/mol. The fraction of sp³-hybridized carbons (Fsp3) is 0.500. The molecular formula is C14H19ClN4O. The first kappa shape index (κ1) is 14.9. The number of rotatable bonds is 6. The summed E-state index contributed by atoms with van der Waals surface area (Å²) >= 11 is 6.05. The molecule has 0 spiro atoms. The average Bonchev–Trinajstić information content (AvgIpc) is 2.92. The van der Waals surface area contributed by atoms with Crippen LogP contribution in [0.25, 0.3) is 11.4 Å². The lowest BCUT2D eigenvalue weighted by atomic mass is 10.3. The zero-order valence-electron chi connectivity index (χ0n) is 12.0. The van der Waals surface area contributed by atoms with Crippen molar-refractivity contribution in [2.75, 3.05) is 7.11 Å². The molecule has 0 N–H and O–H groups in total. The zero-order chi connectivity index (χ0) is 14.5. The summed E-state index contributed by atoms with van der Waals surface area (Å²) < 4.78 is 7.16. The van der Waals surface area contributed by atoms with Crippen LogP contribution in [0.1, 0.15) is 38.6 Å². The van der Waals surface area contributed by atoms with Crippen LogP contribution >= 0.6 is 11.6 Å². The first-order valence-corrected chi connectivity index (χ1v) is 7.13. The Balaban J connectivity index is 2.27. The maximum atomic E-state index is 6.05. The van der Waals surface area contributed by atoms with E-state index < -0.39 is 0 Å². The molecule has 0 aromatic carbocycles. The van der Waals surface area contributed by atoms with Crippen molar-refractivity contribution in [2.24, 2.45) is 0 Å². The number of aryl methyl sites for hydroxylation is 1. The molecule has 0 fully saturated rings. The van der Waals surface area contributed by atoms with E-state index in [1.807, 2.05) is 23.9 Å². The highest BCUT2D eigenvalue weighted by Crippen LogP contribution is 2.21. The minimum absolute atomic E-state index is 0.199. The molecule has 6 heteroatoms. The molecule has 2 heterocycles. The minimum Gasteiger partial charge on any atom is -0.374 e. The molecule has 1 atom stereocenters. The second-order valence-corrected chi connectivity index (χ2v) is 5.02. The largest absolute Gasteiger partial charge is 0.374 e. The summed E-state index contributed by atoms with van der Waals surface area (Å²) in [4.78, 5) is 8.65. The van der Waals surface area contributed by atoms with E-state index in [1.54, 1.807) is 13.2 Å². The van der Waals surface area contributed by atoms with Crippen molar-refractivity contribution in [1.82, 2.24) is 19.7 Å². The zero-order valence-corrected chi connectivity index (χ0v) is 12.8. The van der Waals surface area contributed by atoms with Gasteiger partial charge in [0.2, 0.25) is 0 Å². The van der Waals surface area contributed by atoms with Crippen LogP contribution in [0.3, 0.4) is 0 Å². The highest BCUT2D eigenvalue weighted by atomic mass is 35.5. The maximum Gasteiger partial charge on any atom is 0.159 e. The lowest BCUT2D eigenvalue weighted by Crippen LogP contribution is -2.04. The van der Waals surface area contributed by atoms with Crippen molar-refractivity contribution in [3.05, 3.63) is 29.3 Å². The summed E-state index contributed by atoms with van der Waals surface area (Å²) in [6.07, 6.45) is 4.01. The van der Waals surface area contributed by atoms with E-state index in [4.69, 9.17) is 16.3 Å². The van der Waals surface area contributed by atoms with E-state index in [2.05, 4.69) is 22.0 Å². The van der Waals surface area contributed by atoms with Gasteiger partial charge in [0.1, 0.15) is 17.0 Å². The van der Waals surface area contributed by atoms with E-state index in [-0.39, 0.29) is 6.10 Å². The second kappa shape index (κ2) is 6.81. The maximum absolute atomic E-state index is 6.05. The minimum atomic E-state index is -0.199. The van der Waals surface area contributed by atoms with Crippen molar-refractivity contribution >= 4 is 11.6 Å². The van der Waals surface area contributed by atoms with Gasteiger partial charge in [0, 0.05) is 25.9 Å². The van der Waals surface area contributed by atoms with Gasteiger partial charge >= 0.3 is 0 Å². The fourth-order valence-corrected chi connectivity index (χ4v) is 1.99. The number of halogens is 1. The molecule has 0 radical (unpaired) electrons. The summed E-state index contributed by atoms with van der Waals surface area (Å²) in [6, 6.07) is 3.66. The number of aromatic nitrogens is 4. The van der Waals surface area contributed by atoms with Gasteiger partial charge in [-0.25, -0.2) is 9.97 Å². The lowest BCUT2D eigenvalue weighted by Gasteiger charge is -2.09. The summed E-state index contributed by atoms with van der Waals surface area (Å²) in [6.45, 7) is 4.96. The standard InChI is InChI=1S/C14H19ClN4O/c1-4-5-7-19-8-6-11(18-19)12-9-13(15)17-14(16-12)10(2)20-3/h6,8-10H,4-5,7H2,1-3H3. The molecule has 108 valence electrons. The molecule has 20 heavy (non-hydrogen) atoms. The quantitative estimate of drug-likeness (QED) is 0.765. The number of hydrogen-bond donors (Lipinski definition) is 0. The first-order chi connectivity index (χ1) is 9.63. The van der Waals surface area contributed by atoms with Gasteiger partial charge in [-0.3, -0.25) is 4.68 Å². The number of methoxy groups -OCH3 is 1. The van der Waals surface area contributed by atoms with Crippen LogP contribution in [0.2, 0.25) is 5.15 Å². The van der Waals surface area contributed by atoms with E-state index in [0.29, 0.717) is 11.0 Å². The number of nitrogens with zero attached hydrogens (tertiary/aromatic N) is 4. The molecule has 0 amide bonds. The van der Waals surface area contributed by atoms with Gasteiger partial charge in [0.05, 0.1) is 5.69 Å². The van der Waals surface area contributed by atoms with Crippen molar-refractivity contribution in [3.63, 3.8) is 0 Å². The van der Waals surface area contributed by atoms with Gasteiger partial charge in [0.15, 0.2) is 5.82 Å². The summed E-state index contributed by atoms with van der Waals surface area (Å²) in [5.41, 5.74) is 1.52. The van der Waals surface area contributed by atoms with Crippen molar-refractivity contribution < 1.29 is 4.74 Å².